The quantitative estimate of drug-likeness (QED) is 0.255. The van der Waals surface area contributed by atoms with Crippen molar-refractivity contribution in [2.75, 3.05) is 22.9 Å². The van der Waals surface area contributed by atoms with Crippen molar-refractivity contribution in [2.24, 2.45) is 18.9 Å². The van der Waals surface area contributed by atoms with Crippen LogP contribution in [-0.2, 0) is 31.1 Å². The highest BCUT2D eigenvalue weighted by atomic mass is 19.4. The van der Waals surface area contributed by atoms with Crippen LogP contribution in [0.2, 0.25) is 0 Å². The summed E-state index contributed by atoms with van der Waals surface area (Å²) in [6.07, 6.45) is -7.30. The number of aromatic nitrogens is 4. The third-order valence-electron chi connectivity index (χ3n) is 7.65. The number of rotatable bonds is 11. The van der Waals surface area contributed by atoms with Gasteiger partial charge in [-0.2, -0.15) is 23.2 Å². The molecule has 1 fully saturated rings. The minimum absolute atomic E-state index is 0.00319. The van der Waals surface area contributed by atoms with Crippen molar-refractivity contribution >= 4 is 17.6 Å². The second kappa shape index (κ2) is 13.6. The van der Waals surface area contributed by atoms with Crippen LogP contribution in [0.3, 0.4) is 0 Å². The Labute approximate surface area is 254 Å². The molecule has 1 aliphatic carbocycles. The Morgan fingerprint density at radius 3 is 2.33 bits per heavy atom. The Balaban J connectivity index is 1.71. The van der Waals surface area contributed by atoms with Crippen LogP contribution >= 0.6 is 0 Å². The van der Waals surface area contributed by atoms with Gasteiger partial charge < -0.3 is 19.6 Å². The molecule has 0 amide bonds. The average Bonchev–Trinajstić information content (AvgIpc) is 3.41. The number of carbonyl (C=O) groups is 1. The van der Waals surface area contributed by atoms with Gasteiger partial charge in [0, 0.05) is 31.9 Å². The maximum atomic E-state index is 13.6. The standard InChI is InChI=1S/C29H31F6N7O3/c1-3-41(15-18-4-6-21(7-5-18)26(43)44)25-9-8-24(45-29(33,34)35)13-22(25)17-42(27-37-39-40(2)38-27)16-20-10-19(14-36)11-23(12-20)28(30,31)32/h8-13,18,21H,3-7,15-17H2,1-2H3,(H,43,44)/t18-,21-. The molecule has 1 aromatic heterocycles. The van der Waals surface area contributed by atoms with Crippen molar-refractivity contribution in [3.8, 4) is 11.8 Å². The van der Waals surface area contributed by atoms with E-state index in [0.29, 0.717) is 50.0 Å². The Morgan fingerprint density at radius 1 is 1.07 bits per heavy atom. The third kappa shape index (κ3) is 8.99. The van der Waals surface area contributed by atoms with Gasteiger partial charge >= 0.3 is 18.5 Å². The number of aliphatic carboxylic acids is 1. The van der Waals surface area contributed by atoms with Gasteiger partial charge in [0.05, 0.1) is 30.2 Å². The summed E-state index contributed by atoms with van der Waals surface area (Å²) in [5, 5.41) is 30.7. The Kier molecular flexibility index (Phi) is 10.1. The number of anilines is 2. The monoisotopic (exact) mass is 639 g/mol. The van der Waals surface area contributed by atoms with Crippen molar-refractivity contribution in [2.45, 2.75) is 58.2 Å². The van der Waals surface area contributed by atoms with E-state index in [4.69, 9.17) is 0 Å². The molecule has 4 rings (SSSR count). The summed E-state index contributed by atoms with van der Waals surface area (Å²) in [5.41, 5.74) is -0.246. The van der Waals surface area contributed by atoms with Crippen LogP contribution in [0.1, 0.15) is 54.9 Å². The molecule has 1 saturated carbocycles. The fourth-order valence-electron chi connectivity index (χ4n) is 5.53. The number of halogens is 6. The Bertz CT molecular complexity index is 1530. The topological polar surface area (TPSA) is 120 Å². The van der Waals surface area contributed by atoms with Crippen LogP contribution in [0.4, 0.5) is 38.0 Å². The lowest BCUT2D eigenvalue weighted by atomic mass is 9.81. The van der Waals surface area contributed by atoms with Crippen molar-refractivity contribution in [1.82, 2.24) is 20.2 Å². The van der Waals surface area contributed by atoms with E-state index in [-0.39, 0.29) is 36.1 Å². The number of aryl methyl sites for hydroxylation is 1. The van der Waals surface area contributed by atoms with Crippen LogP contribution in [0.5, 0.6) is 5.75 Å². The van der Waals surface area contributed by atoms with Crippen molar-refractivity contribution in [1.29, 1.82) is 5.26 Å². The van der Waals surface area contributed by atoms with Crippen LogP contribution in [0.15, 0.2) is 36.4 Å². The lowest BCUT2D eigenvalue weighted by Crippen LogP contribution is -2.34. The summed E-state index contributed by atoms with van der Waals surface area (Å²) < 4.78 is 84.6. The van der Waals surface area contributed by atoms with Crippen molar-refractivity contribution < 1.29 is 41.0 Å². The molecule has 2 aromatic carbocycles. The number of carboxylic acid groups (broad SMARTS) is 1. The van der Waals surface area contributed by atoms with Crippen molar-refractivity contribution in [3.63, 3.8) is 0 Å². The largest absolute Gasteiger partial charge is 0.573 e. The van der Waals surface area contributed by atoms with Gasteiger partial charge in [-0.15, -0.1) is 18.3 Å². The highest BCUT2D eigenvalue weighted by molar-refractivity contribution is 5.70. The first-order chi connectivity index (χ1) is 21.1. The number of ether oxygens (including phenoxy) is 1. The molecule has 3 aromatic rings. The van der Waals surface area contributed by atoms with E-state index in [1.54, 1.807) is 6.07 Å². The van der Waals surface area contributed by atoms with Crippen LogP contribution in [0.25, 0.3) is 0 Å². The van der Waals surface area contributed by atoms with Gasteiger partial charge in [-0.1, -0.05) is 5.10 Å². The number of tetrazole rings is 1. The maximum Gasteiger partial charge on any atom is 0.573 e. The number of hydrogen-bond donors (Lipinski definition) is 1. The fraction of sp³-hybridized carbons (Fsp3) is 0.483. The first-order valence-electron chi connectivity index (χ1n) is 14.1. The summed E-state index contributed by atoms with van der Waals surface area (Å²) >= 11 is 0. The molecule has 242 valence electrons. The second-order valence-corrected chi connectivity index (χ2v) is 10.9. The van der Waals surface area contributed by atoms with Crippen molar-refractivity contribution in [3.05, 3.63) is 58.7 Å². The highest BCUT2D eigenvalue weighted by Crippen LogP contribution is 2.35. The van der Waals surface area contributed by atoms with Gasteiger partial charge in [-0.05, 0) is 91.3 Å². The smallest absolute Gasteiger partial charge is 0.481 e. The first kappa shape index (κ1) is 33.3. The van der Waals surface area contributed by atoms with Gasteiger partial charge in [-0.3, -0.25) is 4.79 Å². The normalized spacial score (nSPS) is 17.0. The predicted octanol–water partition coefficient (Wildman–Crippen LogP) is 5.92. The summed E-state index contributed by atoms with van der Waals surface area (Å²) in [6, 6.07) is 8.52. The Morgan fingerprint density at radius 2 is 1.78 bits per heavy atom. The maximum absolute atomic E-state index is 13.6. The van der Waals surface area contributed by atoms with E-state index in [0.717, 1.165) is 16.9 Å². The molecule has 0 aliphatic heterocycles. The average molecular weight is 640 g/mol. The lowest BCUT2D eigenvalue weighted by molar-refractivity contribution is -0.274. The molecule has 45 heavy (non-hydrogen) atoms. The highest BCUT2D eigenvalue weighted by Gasteiger charge is 2.33. The zero-order chi connectivity index (χ0) is 32.9. The van der Waals surface area contributed by atoms with E-state index in [1.807, 2.05) is 11.8 Å². The van der Waals surface area contributed by atoms with Gasteiger partial charge in [0.2, 0.25) is 0 Å². The zero-order valence-corrected chi connectivity index (χ0v) is 24.4. The van der Waals surface area contributed by atoms with E-state index < -0.39 is 35.7 Å². The minimum Gasteiger partial charge on any atom is -0.481 e. The SMILES string of the molecule is CCN(C[C@H]1CC[C@H](C(=O)O)CC1)c1ccc(OC(F)(F)F)cc1CN(Cc1cc(C#N)cc(C(F)(F)F)c1)c1nnn(C)n1. The van der Waals surface area contributed by atoms with E-state index in [1.165, 1.54) is 36.2 Å². The number of hydrogen-bond acceptors (Lipinski definition) is 8. The molecule has 0 saturated heterocycles. The Hall–Kier alpha value is -4.55. The number of nitrogens with zero attached hydrogens (tertiary/aromatic N) is 7. The molecule has 0 bridgehead atoms. The van der Waals surface area contributed by atoms with Gasteiger partial charge in [0.25, 0.3) is 5.95 Å². The number of nitriles is 1. The summed E-state index contributed by atoms with van der Waals surface area (Å²) in [6.45, 7) is 2.46. The minimum atomic E-state index is -4.97. The predicted molar refractivity (Wildman–Crippen MR) is 149 cm³/mol. The van der Waals surface area contributed by atoms with Gasteiger partial charge in [0.15, 0.2) is 0 Å². The molecule has 1 aliphatic rings. The first-order valence-corrected chi connectivity index (χ1v) is 14.1. The molecule has 16 heteroatoms. The molecular weight excluding hydrogens is 608 g/mol. The van der Waals surface area contributed by atoms with Crippen LogP contribution in [0, 0.1) is 23.2 Å². The summed E-state index contributed by atoms with van der Waals surface area (Å²) in [7, 11) is 1.48. The molecule has 0 spiro atoms. The van der Waals surface area contributed by atoms with E-state index >= 15 is 0 Å². The second-order valence-electron chi connectivity index (χ2n) is 10.9. The van der Waals surface area contributed by atoms with Crippen LogP contribution < -0.4 is 14.5 Å². The van der Waals surface area contributed by atoms with Gasteiger partial charge in [0.1, 0.15) is 5.75 Å². The molecule has 0 radical (unpaired) electrons. The fourth-order valence-corrected chi connectivity index (χ4v) is 5.53. The number of benzene rings is 2. The summed E-state index contributed by atoms with van der Waals surface area (Å²) in [4.78, 5) is 15.9. The summed E-state index contributed by atoms with van der Waals surface area (Å²) in [5.74, 6) is -1.58. The molecular formula is C29H31F6N7O3. The number of carboxylic acids is 1. The van der Waals surface area contributed by atoms with Crippen LogP contribution in [-0.4, -0.2) is 50.7 Å². The van der Waals surface area contributed by atoms with Gasteiger partial charge in [-0.25, -0.2) is 0 Å². The van der Waals surface area contributed by atoms with E-state index in [2.05, 4.69) is 20.1 Å². The molecule has 0 atom stereocenters. The molecule has 10 nitrogen and oxygen atoms in total. The third-order valence-corrected chi connectivity index (χ3v) is 7.65. The van der Waals surface area contributed by atoms with E-state index in [9.17, 15) is 41.5 Å². The molecule has 1 N–H and O–H groups in total. The lowest BCUT2D eigenvalue weighted by Gasteiger charge is -2.34. The number of alkyl halides is 6. The molecule has 0 unspecified atom stereocenters. The molecule has 1 heterocycles. The zero-order valence-electron chi connectivity index (χ0n) is 24.4.